The Morgan fingerprint density at radius 2 is 2.08 bits per heavy atom. The third-order valence-electron chi connectivity index (χ3n) is 5.73. The minimum Gasteiger partial charge on any atom is -0.492 e. The van der Waals surface area contributed by atoms with Crippen LogP contribution in [0.15, 0.2) is 18.2 Å². The molecule has 3 rings (SSSR count). The summed E-state index contributed by atoms with van der Waals surface area (Å²) in [4.78, 5) is 16.8. The third kappa shape index (κ3) is 4.64. The highest BCUT2D eigenvalue weighted by atomic mass is 16.5. The zero-order valence-electron chi connectivity index (χ0n) is 16.2. The van der Waals surface area contributed by atoms with Crippen LogP contribution >= 0.6 is 0 Å². The summed E-state index contributed by atoms with van der Waals surface area (Å²) in [5.74, 6) is 1.25. The Bertz CT molecular complexity index is 611. The number of carbonyl (C=O) groups excluding carboxylic acids is 1. The van der Waals surface area contributed by atoms with Crippen LogP contribution in [0, 0.1) is 0 Å². The maximum Gasteiger partial charge on any atom is 0.146 e. The number of hydrogen-bond donors (Lipinski definition) is 1. The molecule has 0 amide bonds. The first-order valence-electron chi connectivity index (χ1n) is 10.0. The molecule has 2 heterocycles. The number of nitrogens with zero attached hydrogens (tertiary/aromatic N) is 2. The smallest absolute Gasteiger partial charge is 0.146 e. The topological polar surface area (TPSA) is 58.8 Å². The summed E-state index contributed by atoms with van der Waals surface area (Å²) in [6.07, 6.45) is 4.12. The van der Waals surface area contributed by atoms with Crippen molar-refractivity contribution in [3.8, 4) is 5.75 Å². The van der Waals surface area contributed by atoms with Crippen LogP contribution in [0.1, 0.15) is 50.7 Å². The molecular formula is C21H33N3O2. The van der Waals surface area contributed by atoms with Gasteiger partial charge in [0.15, 0.2) is 0 Å². The Balaban J connectivity index is 1.57. The second kappa shape index (κ2) is 8.98. The lowest BCUT2D eigenvalue weighted by molar-refractivity contribution is -0.122. The quantitative estimate of drug-likeness (QED) is 0.773. The van der Waals surface area contributed by atoms with Crippen molar-refractivity contribution in [2.45, 2.75) is 64.7 Å². The Morgan fingerprint density at radius 1 is 1.31 bits per heavy atom. The number of Topliss-reactive ketones (excluding diaryl/α,β-unsaturated/α-hetero) is 1. The van der Waals surface area contributed by atoms with Crippen molar-refractivity contribution < 1.29 is 9.53 Å². The summed E-state index contributed by atoms with van der Waals surface area (Å²) in [5, 5.41) is 0. The maximum absolute atomic E-state index is 12.0. The van der Waals surface area contributed by atoms with E-state index >= 15 is 0 Å². The molecule has 2 N–H and O–H groups in total. The molecule has 0 spiro atoms. The van der Waals surface area contributed by atoms with Gasteiger partial charge < -0.3 is 10.5 Å². The summed E-state index contributed by atoms with van der Waals surface area (Å²) in [5.41, 5.74) is 8.53. The predicted molar refractivity (Wildman–Crippen MR) is 104 cm³/mol. The van der Waals surface area contributed by atoms with E-state index in [0.717, 1.165) is 64.2 Å². The molecule has 1 fully saturated rings. The van der Waals surface area contributed by atoms with Gasteiger partial charge in [0.1, 0.15) is 18.1 Å². The number of nitrogens with two attached hydrogens (primary N) is 1. The van der Waals surface area contributed by atoms with E-state index in [0.29, 0.717) is 12.6 Å². The van der Waals surface area contributed by atoms with E-state index in [1.807, 2.05) is 0 Å². The molecule has 1 atom stereocenters. The lowest BCUT2D eigenvalue weighted by Gasteiger charge is -2.29. The van der Waals surface area contributed by atoms with E-state index in [1.165, 1.54) is 11.1 Å². The Morgan fingerprint density at radius 3 is 2.77 bits per heavy atom. The number of likely N-dealkylation sites (tertiary alicyclic amines) is 1. The molecule has 2 aliphatic heterocycles. The summed E-state index contributed by atoms with van der Waals surface area (Å²) >= 11 is 0. The van der Waals surface area contributed by atoms with Gasteiger partial charge in [0.25, 0.3) is 0 Å². The first-order chi connectivity index (χ1) is 12.6. The van der Waals surface area contributed by atoms with Gasteiger partial charge in [-0.2, -0.15) is 0 Å². The Labute approximate surface area is 157 Å². The molecule has 5 heteroatoms. The zero-order valence-corrected chi connectivity index (χ0v) is 16.2. The fraction of sp³-hybridized carbons (Fsp3) is 0.667. The molecule has 0 aliphatic carbocycles. The Kier molecular flexibility index (Phi) is 6.68. The molecule has 0 saturated carbocycles. The average Bonchev–Trinajstić information content (AvgIpc) is 3.05. The molecule has 26 heavy (non-hydrogen) atoms. The molecule has 0 bridgehead atoms. The third-order valence-corrected chi connectivity index (χ3v) is 5.73. The number of piperidine rings is 1. The SMILES string of the molecule is CCCC(C(C)=O)N1Cc2cccc(OCCN3CCC(N)CC3)c2C1. The highest BCUT2D eigenvalue weighted by Crippen LogP contribution is 2.33. The highest BCUT2D eigenvalue weighted by molar-refractivity contribution is 5.81. The molecular weight excluding hydrogens is 326 g/mol. The van der Waals surface area contributed by atoms with Crippen molar-refractivity contribution in [1.29, 1.82) is 0 Å². The van der Waals surface area contributed by atoms with Gasteiger partial charge in [-0.1, -0.05) is 25.5 Å². The van der Waals surface area contributed by atoms with Gasteiger partial charge in [-0.25, -0.2) is 0 Å². The van der Waals surface area contributed by atoms with Crippen molar-refractivity contribution in [3.63, 3.8) is 0 Å². The average molecular weight is 360 g/mol. The van der Waals surface area contributed by atoms with Crippen molar-refractivity contribution in [3.05, 3.63) is 29.3 Å². The monoisotopic (exact) mass is 359 g/mol. The first kappa shape index (κ1) is 19.3. The first-order valence-corrected chi connectivity index (χ1v) is 10.0. The molecule has 144 valence electrons. The number of benzene rings is 1. The van der Waals surface area contributed by atoms with E-state index < -0.39 is 0 Å². The van der Waals surface area contributed by atoms with Crippen molar-refractivity contribution in [1.82, 2.24) is 9.80 Å². The summed E-state index contributed by atoms with van der Waals surface area (Å²) in [7, 11) is 0. The van der Waals surface area contributed by atoms with Crippen LogP contribution in [0.5, 0.6) is 5.75 Å². The zero-order chi connectivity index (χ0) is 18.5. The standard InChI is InChI=1S/C21H33N3O2/c1-3-5-20(16(2)25)24-14-17-6-4-7-21(19(17)15-24)26-13-12-23-10-8-18(22)9-11-23/h4,6-7,18,20H,3,5,8-15,22H2,1-2H3. The summed E-state index contributed by atoms with van der Waals surface area (Å²) < 4.78 is 6.14. The van der Waals surface area contributed by atoms with E-state index in [2.05, 4.69) is 34.9 Å². The van der Waals surface area contributed by atoms with Crippen molar-refractivity contribution in [2.24, 2.45) is 5.73 Å². The van der Waals surface area contributed by atoms with Crippen LogP contribution < -0.4 is 10.5 Å². The predicted octanol–water partition coefficient (Wildman–Crippen LogP) is 2.56. The largest absolute Gasteiger partial charge is 0.492 e. The maximum atomic E-state index is 12.0. The van der Waals surface area contributed by atoms with Gasteiger partial charge in [-0.15, -0.1) is 0 Å². The normalized spacial score (nSPS) is 20.1. The molecule has 0 radical (unpaired) electrons. The van der Waals surface area contributed by atoms with Gasteiger partial charge in [0, 0.05) is 31.2 Å². The fourth-order valence-electron chi connectivity index (χ4n) is 4.15. The highest BCUT2D eigenvalue weighted by Gasteiger charge is 2.30. The number of fused-ring (bicyclic) bond motifs is 1. The summed E-state index contributed by atoms with van der Waals surface area (Å²) in [6.45, 7) is 9.31. The van der Waals surface area contributed by atoms with Gasteiger partial charge in [-0.05, 0) is 50.9 Å². The van der Waals surface area contributed by atoms with Gasteiger partial charge in [0.05, 0.1) is 6.04 Å². The second-order valence-corrected chi connectivity index (χ2v) is 7.74. The van der Waals surface area contributed by atoms with E-state index in [-0.39, 0.29) is 11.8 Å². The van der Waals surface area contributed by atoms with E-state index in [4.69, 9.17) is 10.5 Å². The minimum atomic E-state index is 0.0257. The van der Waals surface area contributed by atoms with E-state index in [1.54, 1.807) is 6.92 Å². The number of hydrogen-bond acceptors (Lipinski definition) is 5. The Hall–Kier alpha value is -1.43. The number of ether oxygens (including phenoxy) is 1. The van der Waals surface area contributed by atoms with Gasteiger partial charge in [0.2, 0.25) is 0 Å². The summed E-state index contributed by atoms with van der Waals surface area (Å²) in [6, 6.07) is 6.69. The van der Waals surface area contributed by atoms with Gasteiger partial charge >= 0.3 is 0 Å². The van der Waals surface area contributed by atoms with E-state index in [9.17, 15) is 4.79 Å². The van der Waals surface area contributed by atoms with Crippen molar-refractivity contribution >= 4 is 5.78 Å². The molecule has 1 aromatic carbocycles. The molecule has 0 aromatic heterocycles. The van der Waals surface area contributed by atoms with Crippen LogP contribution in [0.3, 0.4) is 0 Å². The molecule has 1 unspecified atom stereocenters. The molecule has 5 nitrogen and oxygen atoms in total. The fourth-order valence-corrected chi connectivity index (χ4v) is 4.15. The molecule has 1 aromatic rings. The number of carbonyl (C=O) groups is 1. The number of rotatable bonds is 8. The lowest BCUT2D eigenvalue weighted by Crippen LogP contribution is -2.41. The van der Waals surface area contributed by atoms with Crippen LogP contribution in [-0.4, -0.2) is 53.9 Å². The molecule has 2 aliphatic rings. The van der Waals surface area contributed by atoms with Crippen molar-refractivity contribution in [2.75, 3.05) is 26.2 Å². The minimum absolute atomic E-state index is 0.0257. The number of ketones is 1. The second-order valence-electron chi connectivity index (χ2n) is 7.74. The van der Waals surface area contributed by atoms with Crippen LogP contribution in [0.4, 0.5) is 0 Å². The van der Waals surface area contributed by atoms with Crippen LogP contribution in [0.25, 0.3) is 0 Å². The van der Waals surface area contributed by atoms with Gasteiger partial charge in [-0.3, -0.25) is 14.6 Å². The lowest BCUT2D eigenvalue weighted by atomic mass is 10.1. The molecule has 1 saturated heterocycles. The van der Waals surface area contributed by atoms with Crippen LogP contribution in [0.2, 0.25) is 0 Å². The van der Waals surface area contributed by atoms with Crippen LogP contribution in [-0.2, 0) is 17.9 Å².